The van der Waals surface area contributed by atoms with Crippen LogP contribution in [-0.4, -0.2) is 26.7 Å². The molecule has 0 spiro atoms. The molecule has 0 radical (unpaired) electrons. The van der Waals surface area contributed by atoms with E-state index in [1.54, 1.807) is 0 Å². The summed E-state index contributed by atoms with van der Waals surface area (Å²) in [5, 5.41) is 0. The molecule has 0 aromatic carbocycles. The van der Waals surface area contributed by atoms with Crippen LogP contribution in [0.4, 0.5) is 0 Å². The molecule has 84 valence electrons. The van der Waals surface area contributed by atoms with Gasteiger partial charge in [-0.25, -0.2) is 0 Å². The van der Waals surface area contributed by atoms with Gasteiger partial charge in [0.1, 0.15) is 0 Å². The van der Waals surface area contributed by atoms with Gasteiger partial charge in [-0.15, -0.1) is 0 Å². The first-order valence-electron chi connectivity index (χ1n) is 4.03. The third kappa shape index (κ3) is 4.96. The van der Waals surface area contributed by atoms with Crippen molar-refractivity contribution < 1.29 is 27.7 Å². The Balaban J connectivity index is 4.90. The van der Waals surface area contributed by atoms with Gasteiger partial charge in [0.25, 0.3) is 17.9 Å². The predicted molar refractivity (Wildman–Crippen MR) is 51.2 cm³/mol. The molecule has 0 saturated heterocycles. The zero-order valence-corrected chi connectivity index (χ0v) is 9.73. The molecule has 0 fully saturated rings. The third-order valence-electron chi connectivity index (χ3n) is 1.11. The Morgan fingerprint density at radius 2 is 1.20 bits per heavy atom. The maximum absolute atomic E-state index is 10.8. The van der Waals surface area contributed by atoms with Crippen molar-refractivity contribution in [1.29, 1.82) is 0 Å². The summed E-state index contributed by atoms with van der Waals surface area (Å²) in [7, 11) is -3.74. The van der Waals surface area contributed by atoms with Gasteiger partial charge in [0.05, 0.1) is 0 Å². The van der Waals surface area contributed by atoms with Gasteiger partial charge in [-0.3, -0.25) is 14.4 Å². The van der Waals surface area contributed by atoms with Crippen molar-refractivity contribution in [2.24, 2.45) is 0 Å². The van der Waals surface area contributed by atoms with E-state index in [4.69, 9.17) is 13.3 Å². The maximum atomic E-state index is 10.8. The van der Waals surface area contributed by atoms with Gasteiger partial charge in [0, 0.05) is 26.5 Å². The largest absolute Gasteiger partial charge is 0.734 e. The second kappa shape index (κ2) is 5.30. The molecule has 0 atom stereocenters. The Hall–Kier alpha value is -1.63. The van der Waals surface area contributed by atoms with Crippen LogP contribution in [0.5, 0.6) is 0 Å². The first-order valence-corrected chi connectivity index (χ1v) is 5.84. The predicted octanol–water partition coefficient (Wildman–Crippen LogP) is 0.340. The first-order chi connectivity index (χ1) is 6.81. The first kappa shape index (κ1) is 13.4. The summed E-state index contributed by atoms with van der Waals surface area (Å²) in [4.78, 5) is 32.3. The standard InChI is InChI=1S/C8H12O6Si/c1-5-15(12-6(2)9,13-7(3)10)14-8(4)11/h5H,1H2,2-4H3. The molecule has 0 heterocycles. The molecule has 0 rings (SSSR count). The minimum absolute atomic E-state index is 0.718. The van der Waals surface area contributed by atoms with Crippen molar-refractivity contribution in [2.45, 2.75) is 20.8 Å². The molecule has 6 nitrogen and oxygen atoms in total. The lowest BCUT2D eigenvalue weighted by atomic mass is 10.9. The van der Waals surface area contributed by atoms with E-state index in [0.717, 1.165) is 26.5 Å². The fourth-order valence-electron chi connectivity index (χ4n) is 0.789. The number of rotatable bonds is 4. The van der Waals surface area contributed by atoms with Gasteiger partial charge in [0.2, 0.25) is 0 Å². The third-order valence-corrected chi connectivity index (χ3v) is 3.32. The minimum atomic E-state index is -3.74. The van der Waals surface area contributed by atoms with Crippen molar-refractivity contribution >= 4 is 26.7 Å². The van der Waals surface area contributed by atoms with Gasteiger partial charge in [-0.2, -0.15) is 0 Å². The fourth-order valence-corrected chi connectivity index (χ4v) is 2.37. The van der Waals surface area contributed by atoms with Crippen LogP contribution < -0.4 is 0 Å². The van der Waals surface area contributed by atoms with Crippen LogP contribution in [0.3, 0.4) is 0 Å². The van der Waals surface area contributed by atoms with Crippen molar-refractivity contribution in [3.63, 3.8) is 0 Å². The number of hydrogen-bond acceptors (Lipinski definition) is 6. The smallest absolute Gasteiger partial charge is 0.452 e. The molecule has 0 amide bonds. The lowest BCUT2D eigenvalue weighted by Gasteiger charge is -2.22. The molecule has 0 aliphatic rings. The Bertz CT molecular complexity index is 257. The van der Waals surface area contributed by atoms with E-state index in [1.807, 2.05) is 0 Å². The molecular weight excluding hydrogens is 220 g/mol. The second-order valence-electron chi connectivity index (χ2n) is 2.59. The second-order valence-corrected chi connectivity index (χ2v) is 4.82. The van der Waals surface area contributed by atoms with Crippen molar-refractivity contribution in [1.82, 2.24) is 0 Å². The zero-order chi connectivity index (χ0) is 12.1. The van der Waals surface area contributed by atoms with Crippen molar-refractivity contribution in [3.05, 3.63) is 12.3 Å². The summed E-state index contributed by atoms with van der Waals surface area (Å²) in [6.45, 7) is 6.65. The molecule has 15 heavy (non-hydrogen) atoms. The molecule has 0 saturated carbocycles. The highest BCUT2D eigenvalue weighted by Gasteiger charge is 2.48. The van der Waals surface area contributed by atoms with E-state index >= 15 is 0 Å². The highest BCUT2D eigenvalue weighted by molar-refractivity contribution is 6.70. The Kier molecular flexibility index (Phi) is 4.72. The summed E-state index contributed by atoms with van der Waals surface area (Å²) in [5.41, 5.74) is 1.04. The van der Waals surface area contributed by atoms with Crippen LogP contribution in [0.15, 0.2) is 12.3 Å². The lowest BCUT2D eigenvalue weighted by Crippen LogP contribution is -2.47. The monoisotopic (exact) mass is 232 g/mol. The Labute approximate surface area is 88.2 Å². The normalized spacial score (nSPS) is 10.1. The van der Waals surface area contributed by atoms with E-state index < -0.39 is 26.7 Å². The van der Waals surface area contributed by atoms with Gasteiger partial charge < -0.3 is 13.3 Å². The van der Waals surface area contributed by atoms with E-state index in [0.29, 0.717) is 0 Å². The molecule has 0 unspecified atom stereocenters. The van der Waals surface area contributed by atoms with Crippen LogP contribution in [0.25, 0.3) is 0 Å². The summed E-state index contributed by atoms with van der Waals surface area (Å²) < 4.78 is 14.1. The van der Waals surface area contributed by atoms with Crippen molar-refractivity contribution in [2.75, 3.05) is 0 Å². The van der Waals surface area contributed by atoms with Crippen LogP contribution in [0.1, 0.15) is 20.8 Å². The number of hydrogen-bond donors (Lipinski definition) is 0. The Morgan fingerprint density at radius 1 is 0.933 bits per heavy atom. The maximum Gasteiger partial charge on any atom is 0.734 e. The topological polar surface area (TPSA) is 78.9 Å². The van der Waals surface area contributed by atoms with Gasteiger partial charge in [-0.1, -0.05) is 6.58 Å². The summed E-state index contributed by atoms with van der Waals surface area (Å²) in [6, 6.07) is 0. The Morgan fingerprint density at radius 3 is 1.33 bits per heavy atom. The molecule has 0 bridgehead atoms. The average molecular weight is 232 g/mol. The highest BCUT2D eigenvalue weighted by atomic mass is 28.4. The summed E-state index contributed by atoms with van der Waals surface area (Å²) in [5.74, 6) is -2.16. The van der Waals surface area contributed by atoms with E-state index in [2.05, 4.69) is 6.58 Å². The van der Waals surface area contributed by atoms with Crippen LogP contribution in [0, 0.1) is 0 Å². The SMILES string of the molecule is C=C[Si](OC(C)=O)(OC(C)=O)OC(C)=O. The zero-order valence-electron chi connectivity index (χ0n) is 8.73. The fraction of sp³-hybridized carbons (Fsp3) is 0.375. The molecule has 0 aromatic rings. The van der Waals surface area contributed by atoms with Gasteiger partial charge in [-0.05, 0) is 0 Å². The summed E-state index contributed by atoms with van der Waals surface area (Å²) in [6.07, 6.45) is 0. The lowest BCUT2D eigenvalue weighted by molar-refractivity contribution is -0.146. The van der Waals surface area contributed by atoms with Gasteiger partial charge >= 0.3 is 8.80 Å². The van der Waals surface area contributed by atoms with E-state index in [1.165, 1.54) is 0 Å². The van der Waals surface area contributed by atoms with E-state index in [-0.39, 0.29) is 0 Å². The highest BCUT2D eigenvalue weighted by Crippen LogP contribution is 2.12. The summed E-state index contributed by atoms with van der Waals surface area (Å²) >= 11 is 0. The minimum Gasteiger partial charge on any atom is -0.452 e. The molecule has 7 heteroatoms. The molecular formula is C8H12O6Si. The van der Waals surface area contributed by atoms with Crippen LogP contribution >= 0.6 is 0 Å². The van der Waals surface area contributed by atoms with Crippen molar-refractivity contribution in [3.8, 4) is 0 Å². The molecule has 0 aliphatic carbocycles. The molecule has 0 N–H and O–H groups in total. The van der Waals surface area contributed by atoms with E-state index in [9.17, 15) is 14.4 Å². The van der Waals surface area contributed by atoms with Crippen LogP contribution in [-0.2, 0) is 27.7 Å². The molecule has 0 aromatic heterocycles. The molecule has 0 aliphatic heterocycles. The van der Waals surface area contributed by atoms with Crippen LogP contribution in [0.2, 0.25) is 0 Å². The quantitative estimate of drug-likeness (QED) is 0.650. The van der Waals surface area contributed by atoms with Gasteiger partial charge in [0.15, 0.2) is 0 Å². The number of carbonyl (C=O) groups is 3. The average Bonchev–Trinajstić information content (AvgIpc) is 1.99. The number of carbonyl (C=O) groups excluding carboxylic acids is 3.